The highest BCUT2D eigenvalue weighted by molar-refractivity contribution is 5.73. The molecule has 1 heterocycles. The fourth-order valence-corrected chi connectivity index (χ4v) is 3.52. The van der Waals surface area contributed by atoms with Crippen LogP contribution in [0.3, 0.4) is 0 Å². The number of aliphatic hydroxyl groups is 1. The lowest BCUT2D eigenvalue weighted by Crippen LogP contribution is -2.58. The fraction of sp³-hybridized carbons (Fsp3) is 0.619. The van der Waals surface area contributed by atoms with Crippen molar-refractivity contribution >= 4 is 12.0 Å². The first-order valence-electron chi connectivity index (χ1n) is 9.76. The predicted octanol–water partition coefficient (Wildman–Crippen LogP) is 2.74. The molecule has 1 aliphatic rings. The maximum Gasteiger partial charge on any atom is 0.412 e. The molecule has 0 aromatic heterocycles. The zero-order valence-corrected chi connectivity index (χ0v) is 18.2. The molecule has 30 heavy (non-hydrogen) atoms. The van der Waals surface area contributed by atoms with Crippen molar-refractivity contribution in [3.05, 3.63) is 35.4 Å². The van der Waals surface area contributed by atoms with Crippen LogP contribution >= 0.6 is 0 Å². The molecule has 0 radical (unpaired) electrons. The number of hydrogen-bond donors (Lipinski definition) is 2. The number of halogens is 2. The van der Waals surface area contributed by atoms with Crippen LogP contribution in [-0.4, -0.2) is 58.1 Å². The van der Waals surface area contributed by atoms with E-state index in [-0.39, 0.29) is 18.6 Å². The van der Waals surface area contributed by atoms with E-state index >= 15 is 0 Å². The van der Waals surface area contributed by atoms with Crippen LogP contribution in [0.15, 0.2) is 18.2 Å². The molecule has 2 amide bonds. The van der Waals surface area contributed by atoms with Crippen LogP contribution in [0.25, 0.3) is 0 Å². The molecule has 0 unspecified atom stereocenters. The van der Waals surface area contributed by atoms with E-state index in [1.807, 2.05) is 0 Å². The number of amides is 2. The van der Waals surface area contributed by atoms with Gasteiger partial charge in [-0.3, -0.25) is 9.69 Å². The highest BCUT2D eigenvalue weighted by Crippen LogP contribution is 2.32. The average molecular weight is 428 g/mol. The van der Waals surface area contributed by atoms with Gasteiger partial charge < -0.3 is 19.9 Å². The standard InChI is InChI=1S/C21H30F2N2O5/c1-12(26)24-16(9-13-7-14(22)10-15(23)8-13)18(27)17-11-29-21(5,6)25(17)19(28)30-20(2,3)4/h7-8,10,16-18,27H,9,11H2,1-6H3,(H,24,26)/t16-,17+,18-/m0/s1. The van der Waals surface area contributed by atoms with E-state index in [4.69, 9.17) is 9.47 Å². The zero-order valence-electron chi connectivity index (χ0n) is 18.2. The van der Waals surface area contributed by atoms with Crippen LogP contribution in [0.4, 0.5) is 13.6 Å². The second-order valence-corrected chi connectivity index (χ2v) is 8.95. The van der Waals surface area contributed by atoms with E-state index in [1.54, 1.807) is 34.6 Å². The molecule has 0 saturated carbocycles. The Morgan fingerprint density at radius 3 is 2.37 bits per heavy atom. The monoisotopic (exact) mass is 428 g/mol. The largest absolute Gasteiger partial charge is 0.444 e. The topological polar surface area (TPSA) is 88.1 Å². The summed E-state index contributed by atoms with van der Waals surface area (Å²) in [7, 11) is 0. The Balaban J connectivity index is 2.31. The van der Waals surface area contributed by atoms with Crippen molar-refractivity contribution in [2.75, 3.05) is 6.61 Å². The highest BCUT2D eigenvalue weighted by atomic mass is 19.1. The lowest BCUT2D eigenvalue weighted by atomic mass is 9.95. The number of carbonyl (C=O) groups excluding carboxylic acids is 2. The van der Waals surface area contributed by atoms with Crippen LogP contribution in [0.2, 0.25) is 0 Å². The highest BCUT2D eigenvalue weighted by Gasteiger charge is 2.50. The Morgan fingerprint density at radius 1 is 1.30 bits per heavy atom. The lowest BCUT2D eigenvalue weighted by molar-refractivity contribution is -0.120. The predicted molar refractivity (Wildman–Crippen MR) is 106 cm³/mol. The second-order valence-electron chi connectivity index (χ2n) is 8.95. The van der Waals surface area contributed by atoms with E-state index in [9.17, 15) is 23.5 Å². The van der Waals surface area contributed by atoms with E-state index in [0.29, 0.717) is 0 Å². The molecule has 2 rings (SSSR count). The van der Waals surface area contributed by atoms with Crippen LogP contribution in [0.5, 0.6) is 0 Å². The fourth-order valence-electron chi connectivity index (χ4n) is 3.52. The maximum absolute atomic E-state index is 13.6. The van der Waals surface area contributed by atoms with Crippen molar-refractivity contribution in [1.29, 1.82) is 0 Å². The molecule has 1 aliphatic heterocycles. The van der Waals surface area contributed by atoms with Crippen molar-refractivity contribution in [2.24, 2.45) is 0 Å². The van der Waals surface area contributed by atoms with Gasteiger partial charge in [-0.05, 0) is 58.7 Å². The number of nitrogens with zero attached hydrogens (tertiary/aromatic N) is 1. The van der Waals surface area contributed by atoms with Crippen molar-refractivity contribution < 1.29 is 33.0 Å². The van der Waals surface area contributed by atoms with Gasteiger partial charge in [0.2, 0.25) is 5.91 Å². The summed E-state index contributed by atoms with van der Waals surface area (Å²) in [5, 5.41) is 13.7. The number of benzene rings is 1. The van der Waals surface area contributed by atoms with Gasteiger partial charge in [-0.25, -0.2) is 13.6 Å². The molecule has 7 nitrogen and oxygen atoms in total. The molecule has 1 fully saturated rings. The molecular weight excluding hydrogens is 398 g/mol. The number of nitrogens with one attached hydrogen (secondary N) is 1. The molecule has 168 valence electrons. The van der Waals surface area contributed by atoms with Crippen LogP contribution in [0, 0.1) is 11.6 Å². The van der Waals surface area contributed by atoms with E-state index in [1.165, 1.54) is 11.8 Å². The quantitative estimate of drug-likeness (QED) is 0.753. The minimum Gasteiger partial charge on any atom is -0.444 e. The molecule has 0 bridgehead atoms. The molecule has 2 N–H and O–H groups in total. The van der Waals surface area contributed by atoms with E-state index in [0.717, 1.165) is 18.2 Å². The molecular formula is C21H30F2N2O5. The molecule has 1 saturated heterocycles. The number of aliphatic hydroxyl groups excluding tert-OH is 1. The molecule has 0 spiro atoms. The van der Waals surface area contributed by atoms with Gasteiger partial charge in [-0.15, -0.1) is 0 Å². The molecule has 3 atom stereocenters. The maximum atomic E-state index is 13.6. The summed E-state index contributed by atoms with van der Waals surface area (Å²) in [6.45, 7) is 9.77. The van der Waals surface area contributed by atoms with Gasteiger partial charge in [-0.1, -0.05) is 0 Å². The van der Waals surface area contributed by atoms with Gasteiger partial charge in [0.05, 0.1) is 24.8 Å². The first-order valence-corrected chi connectivity index (χ1v) is 9.76. The Kier molecular flexibility index (Phi) is 7.08. The molecule has 1 aromatic carbocycles. The minimum absolute atomic E-state index is 0.000998. The third-order valence-corrected chi connectivity index (χ3v) is 4.68. The van der Waals surface area contributed by atoms with E-state index < -0.39 is 53.1 Å². The van der Waals surface area contributed by atoms with Crippen LogP contribution < -0.4 is 5.32 Å². The Labute approximate surface area is 175 Å². The second kappa shape index (κ2) is 8.85. The SMILES string of the molecule is CC(=O)N[C@@H](Cc1cc(F)cc(F)c1)[C@H](O)[C@H]1COC(C)(C)N1C(=O)OC(C)(C)C. The average Bonchev–Trinajstić information content (AvgIpc) is 2.86. The van der Waals surface area contributed by atoms with Crippen LogP contribution in [-0.2, 0) is 20.7 Å². The van der Waals surface area contributed by atoms with Gasteiger partial charge >= 0.3 is 6.09 Å². The number of rotatable bonds is 5. The van der Waals surface area contributed by atoms with Crippen molar-refractivity contribution in [3.8, 4) is 0 Å². The summed E-state index contributed by atoms with van der Waals surface area (Å²) < 4.78 is 38.3. The summed E-state index contributed by atoms with van der Waals surface area (Å²) >= 11 is 0. The summed E-state index contributed by atoms with van der Waals surface area (Å²) in [6, 6.07) is 1.24. The summed E-state index contributed by atoms with van der Waals surface area (Å²) in [6.07, 6.45) is -2.00. The number of ether oxygens (including phenoxy) is 2. The molecule has 9 heteroatoms. The van der Waals surface area contributed by atoms with E-state index in [2.05, 4.69) is 5.32 Å². The summed E-state index contributed by atoms with van der Waals surface area (Å²) in [5.74, 6) is -1.96. The summed E-state index contributed by atoms with van der Waals surface area (Å²) in [5.41, 5.74) is -1.56. The smallest absolute Gasteiger partial charge is 0.412 e. The first-order chi connectivity index (χ1) is 13.7. The Morgan fingerprint density at radius 2 is 1.87 bits per heavy atom. The molecule has 0 aliphatic carbocycles. The zero-order chi connectivity index (χ0) is 22.9. The third kappa shape index (κ3) is 6.12. The van der Waals surface area contributed by atoms with Crippen LogP contribution in [0.1, 0.15) is 47.1 Å². The number of carbonyl (C=O) groups is 2. The first kappa shape index (κ1) is 24.0. The Hall–Kier alpha value is -2.26. The minimum atomic E-state index is -1.28. The van der Waals surface area contributed by atoms with Gasteiger partial charge in [-0.2, -0.15) is 0 Å². The van der Waals surface area contributed by atoms with Gasteiger partial charge in [0.1, 0.15) is 23.0 Å². The summed E-state index contributed by atoms with van der Waals surface area (Å²) in [4.78, 5) is 25.8. The number of hydrogen-bond acceptors (Lipinski definition) is 5. The van der Waals surface area contributed by atoms with Gasteiger partial charge in [0, 0.05) is 13.0 Å². The van der Waals surface area contributed by atoms with Crippen molar-refractivity contribution in [2.45, 2.75) is 77.5 Å². The molecule has 1 aromatic rings. The normalized spacial score (nSPS) is 20.6. The van der Waals surface area contributed by atoms with Gasteiger partial charge in [0.15, 0.2) is 0 Å². The van der Waals surface area contributed by atoms with Gasteiger partial charge in [0.25, 0.3) is 0 Å². The van der Waals surface area contributed by atoms with Crippen molar-refractivity contribution in [1.82, 2.24) is 10.2 Å². The Bertz CT molecular complexity index is 774. The lowest BCUT2D eigenvalue weighted by Gasteiger charge is -2.38. The van der Waals surface area contributed by atoms with Crippen molar-refractivity contribution in [3.63, 3.8) is 0 Å². The third-order valence-electron chi connectivity index (χ3n) is 4.68.